The van der Waals surface area contributed by atoms with Crippen LogP contribution >= 0.6 is 33.9 Å². The van der Waals surface area contributed by atoms with Crippen molar-refractivity contribution in [2.45, 2.75) is 13.0 Å². The Labute approximate surface area is 137 Å². The molecule has 0 saturated carbocycles. The van der Waals surface area contributed by atoms with Gasteiger partial charge in [0.25, 0.3) is 5.91 Å². The average Bonchev–Trinajstić information content (AvgIpc) is 2.88. The predicted molar refractivity (Wildman–Crippen MR) is 84.1 cm³/mol. The van der Waals surface area contributed by atoms with Crippen molar-refractivity contribution in [3.8, 4) is 0 Å². The van der Waals surface area contributed by atoms with E-state index in [1.54, 1.807) is 6.92 Å². The minimum Gasteiger partial charge on any atom is -0.476 e. The maximum Gasteiger partial charge on any atom is 0.355 e. The van der Waals surface area contributed by atoms with Gasteiger partial charge in [-0.15, -0.1) is 11.3 Å². The first kappa shape index (κ1) is 15.8. The van der Waals surface area contributed by atoms with Gasteiger partial charge in [-0.05, 0) is 47.7 Å². The zero-order chi connectivity index (χ0) is 15.6. The Bertz CT molecular complexity index is 704. The number of rotatable bonds is 4. The second-order valence-corrected chi connectivity index (χ2v) is 6.25. The molecule has 2 aromatic rings. The summed E-state index contributed by atoms with van der Waals surface area (Å²) in [6.07, 6.45) is 0. The number of thiazole rings is 1. The van der Waals surface area contributed by atoms with E-state index in [0.29, 0.717) is 14.1 Å². The SMILES string of the molecule is CC(NC(=O)c1ccc(F)cc1I)c1nc(C(=O)O)cs1. The minimum atomic E-state index is -1.11. The van der Waals surface area contributed by atoms with Crippen LogP contribution in [0.4, 0.5) is 4.39 Å². The molecule has 0 bridgehead atoms. The zero-order valence-electron chi connectivity index (χ0n) is 10.8. The zero-order valence-corrected chi connectivity index (χ0v) is 13.7. The van der Waals surface area contributed by atoms with Crippen LogP contribution in [0, 0.1) is 9.39 Å². The molecule has 2 rings (SSSR count). The Kier molecular flexibility index (Phi) is 4.88. The van der Waals surface area contributed by atoms with Crippen LogP contribution in [0.3, 0.4) is 0 Å². The number of carbonyl (C=O) groups is 2. The Morgan fingerprint density at radius 3 is 2.76 bits per heavy atom. The smallest absolute Gasteiger partial charge is 0.355 e. The van der Waals surface area contributed by atoms with Gasteiger partial charge in [-0.3, -0.25) is 4.79 Å². The number of aromatic carboxylic acids is 1. The van der Waals surface area contributed by atoms with Gasteiger partial charge in [-0.25, -0.2) is 14.2 Å². The second kappa shape index (κ2) is 6.48. The number of carboxylic acid groups (broad SMARTS) is 1. The first-order chi connectivity index (χ1) is 9.88. The molecule has 0 spiro atoms. The summed E-state index contributed by atoms with van der Waals surface area (Å²) in [6, 6.07) is 3.46. The molecule has 0 aliphatic carbocycles. The quantitative estimate of drug-likeness (QED) is 0.746. The molecule has 2 N–H and O–H groups in total. The average molecular weight is 420 g/mol. The predicted octanol–water partition coefficient (Wildman–Crippen LogP) is 3.08. The van der Waals surface area contributed by atoms with Crippen LogP contribution in [0.15, 0.2) is 23.6 Å². The van der Waals surface area contributed by atoms with Crippen LogP contribution in [-0.4, -0.2) is 22.0 Å². The van der Waals surface area contributed by atoms with E-state index in [-0.39, 0.29) is 11.6 Å². The summed E-state index contributed by atoms with van der Waals surface area (Å²) in [5.41, 5.74) is 0.311. The number of carbonyl (C=O) groups excluding carboxylic acids is 1. The van der Waals surface area contributed by atoms with Crippen molar-refractivity contribution >= 4 is 45.8 Å². The fourth-order valence-corrected chi connectivity index (χ4v) is 3.12. The maximum atomic E-state index is 13.0. The highest BCUT2D eigenvalue weighted by Crippen LogP contribution is 2.20. The lowest BCUT2D eigenvalue weighted by molar-refractivity contribution is 0.0691. The summed E-state index contributed by atoms with van der Waals surface area (Å²) in [5.74, 6) is -1.88. The van der Waals surface area contributed by atoms with E-state index in [0.717, 1.165) is 11.3 Å². The van der Waals surface area contributed by atoms with Crippen molar-refractivity contribution in [2.75, 3.05) is 0 Å². The Morgan fingerprint density at radius 2 is 2.19 bits per heavy atom. The molecular weight excluding hydrogens is 410 g/mol. The van der Waals surface area contributed by atoms with E-state index in [4.69, 9.17) is 5.11 Å². The summed E-state index contributed by atoms with van der Waals surface area (Å²) in [4.78, 5) is 26.8. The third kappa shape index (κ3) is 3.76. The Morgan fingerprint density at radius 1 is 1.48 bits per heavy atom. The molecule has 1 aromatic carbocycles. The van der Waals surface area contributed by atoms with Crippen molar-refractivity contribution in [3.05, 3.63) is 49.2 Å². The van der Waals surface area contributed by atoms with E-state index in [1.165, 1.54) is 23.6 Å². The lowest BCUT2D eigenvalue weighted by Gasteiger charge is -2.12. The van der Waals surface area contributed by atoms with E-state index < -0.39 is 17.8 Å². The molecule has 0 aliphatic rings. The lowest BCUT2D eigenvalue weighted by Crippen LogP contribution is -2.27. The van der Waals surface area contributed by atoms with Crippen LogP contribution in [-0.2, 0) is 0 Å². The number of amides is 1. The summed E-state index contributed by atoms with van der Waals surface area (Å²) in [6.45, 7) is 1.71. The van der Waals surface area contributed by atoms with Crippen LogP contribution in [0.25, 0.3) is 0 Å². The van der Waals surface area contributed by atoms with Crippen molar-refractivity contribution < 1.29 is 19.1 Å². The molecular formula is C13H10FIN2O3S. The Balaban J connectivity index is 2.12. The van der Waals surface area contributed by atoms with Gasteiger partial charge in [0.15, 0.2) is 5.69 Å². The molecule has 21 heavy (non-hydrogen) atoms. The normalized spacial score (nSPS) is 12.0. The molecule has 1 aromatic heterocycles. The highest BCUT2D eigenvalue weighted by Gasteiger charge is 2.18. The van der Waals surface area contributed by atoms with Crippen molar-refractivity contribution in [1.29, 1.82) is 0 Å². The molecule has 1 amide bonds. The largest absolute Gasteiger partial charge is 0.476 e. The van der Waals surface area contributed by atoms with Crippen LogP contribution in [0.2, 0.25) is 0 Å². The molecule has 5 nitrogen and oxygen atoms in total. The minimum absolute atomic E-state index is 0.0486. The third-order valence-electron chi connectivity index (χ3n) is 2.63. The first-order valence-corrected chi connectivity index (χ1v) is 7.79. The molecule has 8 heteroatoms. The summed E-state index contributed by atoms with van der Waals surface area (Å²) < 4.78 is 13.5. The first-order valence-electron chi connectivity index (χ1n) is 5.83. The molecule has 0 saturated heterocycles. The monoisotopic (exact) mass is 420 g/mol. The van der Waals surface area contributed by atoms with Gasteiger partial charge in [0.1, 0.15) is 10.8 Å². The van der Waals surface area contributed by atoms with E-state index in [2.05, 4.69) is 10.3 Å². The molecule has 110 valence electrons. The van der Waals surface area contributed by atoms with Crippen molar-refractivity contribution in [3.63, 3.8) is 0 Å². The fourth-order valence-electron chi connectivity index (χ4n) is 1.59. The van der Waals surface area contributed by atoms with Gasteiger partial charge < -0.3 is 10.4 Å². The number of halogens is 2. The summed E-state index contributed by atoms with van der Waals surface area (Å²) in [7, 11) is 0. The van der Waals surface area contributed by atoms with Crippen LogP contribution in [0.1, 0.15) is 38.8 Å². The number of aromatic nitrogens is 1. The van der Waals surface area contributed by atoms with Crippen LogP contribution < -0.4 is 5.32 Å². The van der Waals surface area contributed by atoms with Gasteiger partial charge in [-0.1, -0.05) is 0 Å². The van der Waals surface area contributed by atoms with E-state index in [1.807, 2.05) is 22.6 Å². The second-order valence-electron chi connectivity index (χ2n) is 4.20. The van der Waals surface area contributed by atoms with E-state index >= 15 is 0 Å². The number of nitrogens with one attached hydrogen (secondary N) is 1. The molecule has 0 fully saturated rings. The Hall–Kier alpha value is -1.55. The number of benzene rings is 1. The standard InChI is InChI=1S/C13H10FIN2O3S/c1-6(12-17-10(5-21-12)13(19)20)16-11(18)8-3-2-7(14)4-9(8)15/h2-6H,1H3,(H,16,18)(H,19,20). The van der Waals surface area contributed by atoms with Gasteiger partial charge in [0.05, 0.1) is 11.6 Å². The highest BCUT2D eigenvalue weighted by atomic mass is 127. The van der Waals surface area contributed by atoms with Gasteiger partial charge in [-0.2, -0.15) is 0 Å². The number of hydrogen-bond acceptors (Lipinski definition) is 4. The summed E-state index contributed by atoms with van der Waals surface area (Å²) >= 11 is 3.05. The number of nitrogens with zero attached hydrogens (tertiary/aromatic N) is 1. The number of hydrogen-bond donors (Lipinski definition) is 2. The van der Waals surface area contributed by atoms with E-state index in [9.17, 15) is 14.0 Å². The van der Waals surface area contributed by atoms with Crippen molar-refractivity contribution in [2.24, 2.45) is 0 Å². The van der Waals surface area contributed by atoms with Crippen LogP contribution in [0.5, 0.6) is 0 Å². The number of carboxylic acids is 1. The fraction of sp³-hybridized carbons (Fsp3) is 0.154. The molecule has 1 heterocycles. The maximum absolute atomic E-state index is 13.0. The molecule has 0 aliphatic heterocycles. The molecule has 0 radical (unpaired) electrons. The highest BCUT2D eigenvalue weighted by molar-refractivity contribution is 14.1. The summed E-state index contributed by atoms with van der Waals surface area (Å²) in [5, 5.41) is 13.5. The van der Waals surface area contributed by atoms with Crippen molar-refractivity contribution in [1.82, 2.24) is 10.3 Å². The molecule has 1 unspecified atom stereocenters. The molecule has 1 atom stereocenters. The third-order valence-corrected chi connectivity index (χ3v) is 4.55. The lowest BCUT2D eigenvalue weighted by atomic mass is 10.2. The van der Waals surface area contributed by atoms with Gasteiger partial charge >= 0.3 is 5.97 Å². The topological polar surface area (TPSA) is 79.3 Å². The van der Waals surface area contributed by atoms with Gasteiger partial charge in [0.2, 0.25) is 0 Å². The van der Waals surface area contributed by atoms with Gasteiger partial charge in [0, 0.05) is 8.95 Å².